The van der Waals surface area contributed by atoms with Crippen LogP contribution in [0.25, 0.3) is 10.9 Å². The Labute approximate surface area is 200 Å². The number of hydrogen-bond acceptors (Lipinski definition) is 3. The van der Waals surface area contributed by atoms with E-state index in [1.54, 1.807) is 0 Å². The molecule has 5 aromatic rings. The highest BCUT2D eigenvalue weighted by atomic mass is 16.5. The molecule has 0 spiro atoms. The highest BCUT2D eigenvalue weighted by Crippen LogP contribution is 2.52. The predicted octanol–water partition coefficient (Wildman–Crippen LogP) is 6.93. The van der Waals surface area contributed by atoms with Crippen molar-refractivity contribution in [3.8, 4) is 0 Å². The molecule has 0 amide bonds. The Morgan fingerprint density at radius 1 is 0.853 bits per heavy atom. The largest absolute Gasteiger partial charge is 0.345 e. The summed E-state index contributed by atoms with van der Waals surface area (Å²) in [7, 11) is 0. The van der Waals surface area contributed by atoms with Gasteiger partial charge in [0.2, 0.25) is 5.72 Å². The number of rotatable bonds is 5. The number of aromatic nitrogens is 2. The Hall–Kier alpha value is -3.89. The minimum atomic E-state index is -0.913. The van der Waals surface area contributed by atoms with Gasteiger partial charge >= 0.3 is 0 Å². The average Bonchev–Trinajstić information content (AvgIpc) is 3.41. The van der Waals surface area contributed by atoms with Crippen molar-refractivity contribution in [3.05, 3.63) is 126 Å². The van der Waals surface area contributed by atoms with Gasteiger partial charge in [0.25, 0.3) is 0 Å². The molecule has 4 heteroatoms. The molecule has 3 aromatic carbocycles. The molecule has 4 nitrogen and oxygen atoms in total. The monoisotopic (exact) mass is 445 g/mol. The van der Waals surface area contributed by atoms with Gasteiger partial charge in [-0.2, -0.15) is 0 Å². The highest BCUT2D eigenvalue weighted by molar-refractivity contribution is 5.89. The van der Waals surface area contributed by atoms with E-state index >= 15 is 0 Å². The van der Waals surface area contributed by atoms with E-state index in [-0.39, 0.29) is 0 Å². The molecule has 0 radical (unpaired) electrons. The molecule has 0 aliphatic carbocycles. The fourth-order valence-corrected chi connectivity index (χ4v) is 5.52. The van der Waals surface area contributed by atoms with Crippen LogP contribution in [-0.4, -0.2) is 9.55 Å². The van der Waals surface area contributed by atoms with Crippen LogP contribution in [0.2, 0.25) is 0 Å². The van der Waals surface area contributed by atoms with Crippen molar-refractivity contribution in [2.75, 3.05) is 4.90 Å². The lowest BCUT2D eigenvalue weighted by Crippen LogP contribution is -2.45. The van der Waals surface area contributed by atoms with Gasteiger partial charge in [0.05, 0.1) is 6.61 Å². The lowest BCUT2D eigenvalue weighted by atomic mass is 9.91. The molecule has 0 bridgehead atoms. The van der Waals surface area contributed by atoms with Gasteiger partial charge in [0.15, 0.2) is 0 Å². The molecule has 0 saturated heterocycles. The first kappa shape index (κ1) is 20.7. The second-order valence-electron chi connectivity index (χ2n) is 8.67. The molecular weight excluding hydrogens is 418 g/mol. The van der Waals surface area contributed by atoms with E-state index < -0.39 is 5.72 Å². The number of benzene rings is 3. The minimum Gasteiger partial charge on any atom is -0.345 e. The number of para-hydroxylation sites is 3. The molecule has 168 valence electrons. The third kappa shape index (κ3) is 2.92. The molecule has 1 unspecified atom stereocenters. The summed E-state index contributed by atoms with van der Waals surface area (Å²) < 4.78 is 9.34. The van der Waals surface area contributed by atoms with Crippen LogP contribution < -0.4 is 4.90 Å². The third-order valence-corrected chi connectivity index (χ3v) is 6.88. The summed E-state index contributed by atoms with van der Waals surface area (Å²) in [6.45, 7) is 5.79. The van der Waals surface area contributed by atoms with Crippen LogP contribution in [0.3, 0.4) is 0 Å². The predicted molar refractivity (Wildman–Crippen MR) is 137 cm³/mol. The van der Waals surface area contributed by atoms with Gasteiger partial charge in [-0.25, -0.2) is 0 Å². The Balaban J connectivity index is 1.77. The summed E-state index contributed by atoms with van der Waals surface area (Å²) in [5.74, 6) is 0. The number of anilines is 2. The molecular formula is C30H27N3O. The zero-order valence-corrected chi connectivity index (χ0v) is 19.5. The molecule has 1 aliphatic rings. The first-order chi connectivity index (χ1) is 16.8. The number of aryl methyl sites for hydroxylation is 1. The maximum absolute atomic E-state index is 6.96. The Morgan fingerprint density at radius 2 is 1.50 bits per heavy atom. The topological polar surface area (TPSA) is 30.3 Å². The lowest BCUT2D eigenvalue weighted by molar-refractivity contribution is -0.00150. The fraction of sp³-hybridized carbons (Fsp3) is 0.167. The van der Waals surface area contributed by atoms with Gasteiger partial charge in [-0.3, -0.25) is 4.98 Å². The molecule has 34 heavy (non-hydrogen) atoms. The molecule has 1 atom stereocenters. The van der Waals surface area contributed by atoms with Gasteiger partial charge in [-0.05, 0) is 50.2 Å². The maximum Gasteiger partial charge on any atom is 0.218 e. The lowest BCUT2D eigenvalue weighted by Gasteiger charge is -2.42. The third-order valence-electron chi connectivity index (χ3n) is 6.88. The normalized spacial score (nSPS) is 17.1. The molecule has 0 N–H and O–H groups in total. The van der Waals surface area contributed by atoms with Crippen LogP contribution in [0, 0.1) is 6.92 Å². The van der Waals surface area contributed by atoms with Crippen LogP contribution in [-0.2, 0) is 23.6 Å². The summed E-state index contributed by atoms with van der Waals surface area (Å²) in [4.78, 5) is 7.29. The van der Waals surface area contributed by atoms with Crippen molar-refractivity contribution < 1.29 is 4.74 Å². The smallest absolute Gasteiger partial charge is 0.218 e. The van der Waals surface area contributed by atoms with Crippen molar-refractivity contribution in [3.63, 3.8) is 0 Å². The number of pyridine rings is 1. The zero-order valence-electron chi connectivity index (χ0n) is 19.5. The van der Waals surface area contributed by atoms with Crippen molar-refractivity contribution in [2.24, 2.45) is 0 Å². The second kappa shape index (κ2) is 8.15. The second-order valence-corrected chi connectivity index (χ2v) is 8.67. The Bertz CT molecular complexity index is 1420. The summed E-state index contributed by atoms with van der Waals surface area (Å²) in [5, 5.41) is 1.19. The summed E-state index contributed by atoms with van der Waals surface area (Å²) in [5.41, 5.74) is 6.82. The zero-order chi connectivity index (χ0) is 23.1. The van der Waals surface area contributed by atoms with Gasteiger partial charge < -0.3 is 14.2 Å². The number of ether oxygens (including phenoxy) is 1. The van der Waals surface area contributed by atoms with Crippen LogP contribution in [0.15, 0.2) is 103 Å². The summed E-state index contributed by atoms with van der Waals surface area (Å²) in [6, 6.07) is 33.8. The molecule has 2 aromatic heterocycles. The van der Waals surface area contributed by atoms with E-state index in [0.717, 1.165) is 34.7 Å². The minimum absolute atomic E-state index is 0.504. The number of nitrogens with zero attached hydrogens (tertiary/aromatic N) is 3. The Kier molecular flexibility index (Phi) is 4.96. The van der Waals surface area contributed by atoms with Crippen molar-refractivity contribution in [1.82, 2.24) is 9.55 Å². The maximum atomic E-state index is 6.96. The standard InChI is InChI=1S/C30H27N3O/c1-3-32-22(2)28(26-18-10-11-19-27(26)32)30(29-23(21-34-30)13-12-20-31-29)33(24-14-6-4-7-15-24)25-16-8-5-9-17-25/h4-20H,3,21H2,1-2H3. The fourth-order valence-electron chi connectivity index (χ4n) is 5.52. The number of fused-ring (bicyclic) bond motifs is 2. The van der Waals surface area contributed by atoms with Crippen LogP contribution in [0.5, 0.6) is 0 Å². The van der Waals surface area contributed by atoms with E-state index in [0.29, 0.717) is 6.61 Å². The molecule has 0 saturated carbocycles. The quantitative estimate of drug-likeness (QED) is 0.294. The van der Waals surface area contributed by atoms with Gasteiger partial charge in [0.1, 0.15) is 5.69 Å². The van der Waals surface area contributed by atoms with E-state index in [4.69, 9.17) is 9.72 Å². The molecule has 3 heterocycles. The van der Waals surface area contributed by atoms with E-state index in [1.165, 1.54) is 16.6 Å². The molecule has 1 aliphatic heterocycles. The molecule has 6 rings (SSSR count). The van der Waals surface area contributed by atoms with Crippen LogP contribution in [0.1, 0.15) is 29.4 Å². The summed E-state index contributed by atoms with van der Waals surface area (Å²) in [6.07, 6.45) is 1.88. The van der Waals surface area contributed by atoms with Crippen molar-refractivity contribution >= 4 is 22.3 Å². The van der Waals surface area contributed by atoms with Crippen LogP contribution in [0.4, 0.5) is 11.4 Å². The van der Waals surface area contributed by atoms with Crippen molar-refractivity contribution in [1.29, 1.82) is 0 Å². The summed E-state index contributed by atoms with van der Waals surface area (Å²) >= 11 is 0. The van der Waals surface area contributed by atoms with Crippen molar-refractivity contribution in [2.45, 2.75) is 32.7 Å². The first-order valence-electron chi connectivity index (χ1n) is 11.8. The van der Waals surface area contributed by atoms with Gasteiger partial charge in [-0.15, -0.1) is 0 Å². The molecule has 0 fully saturated rings. The van der Waals surface area contributed by atoms with Crippen LogP contribution >= 0.6 is 0 Å². The van der Waals surface area contributed by atoms with E-state index in [9.17, 15) is 0 Å². The Morgan fingerprint density at radius 3 is 2.18 bits per heavy atom. The van der Waals surface area contributed by atoms with E-state index in [1.807, 2.05) is 12.3 Å². The average molecular weight is 446 g/mol. The number of hydrogen-bond donors (Lipinski definition) is 0. The SMILES string of the molecule is CCn1c(C)c(C2(N(c3ccccc3)c3ccccc3)OCc3cccnc32)c2ccccc21. The van der Waals surface area contributed by atoms with E-state index in [2.05, 4.69) is 114 Å². The van der Waals surface area contributed by atoms with Gasteiger partial charge in [0, 0.05) is 51.8 Å². The highest BCUT2D eigenvalue weighted by Gasteiger charge is 2.52. The first-order valence-corrected chi connectivity index (χ1v) is 11.8. The van der Waals surface area contributed by atoms with Gasteiger partial charge in [-0.1, -0.05) is 60.7 Å².